The SMILES string of the molecule is S=C(NCc1nc2ccccc2[nH]1)Nc1ccc(Br)cc1. The van der Waals surface area contributed by atoms with Gasteiger partial charge in [-0.2, -0.15) is 0 Å². The zero-order valence-electron chi connectivity index (χ0n) is 11.1. The van der Waals surface area contributed by atoms with Gasteiger partial charge < -0.3 is 15.6 Å². The normalized spacial score (nSPS) is 10.5. The molecule has 1 heterocycles. The Kier molecular flexibility index (Phi) is 4.17. The standard InChI is InChI=1S/C15H13BrN4S/c16-10-5-7-11(8-6-10)18-15(21)17-9-14-19-12-3-1-2-4-13(12)20-14/h1-8H,9H2,(H,19,20)(H2,17,18,21). The Morgan fingerprint density at radius 1 is 1.14 bits per heavy atom. The highest BCUT2D eigenvalue weighted by Gasteiger charge is 2.03. The number of aromatic amines is 1. The fourth-order valence-corrected chi connectivity index (χ4v) is 2.42. The van der Waals surface area contributed by atoms with Crippen LogP contribution in [0.25, 0.3) is 11.0 Å². The predicted molar refractivity (Wildman–Crippen MR) is 93.3 cm³/mol. The van der Waals surface area contributed by atoms with Gasteiger partial charge in [-0.3, -0.25) is 0 Å². The number of rotatable bonds is 3. The molecular formula is C15H13BrN4S. The topological polar surface area (TPSA) is 52.7 Å². The molecule has 0 atom stereocenters. The Bertz CT molecular complexity index is 734. The van der Waals surface area contributed by atoms with Crippen LogP contribution >= 0.6 is 28.1 Å². The summed E-state index contributed by atoms with van der Waals surface area (Å²) < 4.78 is 1.04. The van der Waals surface area contributed by atoms with Gasteiger partial charge in [0.05, 0.1) is 17.6 Å². The number of H-pyrrole nitrogens is 1. The third-order valence-electron chi connectivity index (χ3n) is 2.96. The van der Waals surface area contributed by atoms with E-state index >= 15 is 0 Å². The van der Waals surface area contributed by atoms with E-state index in [1.807, 2.05) is 48.5 Å². The Labute approximate surface area is 136 Å². The summed E-state index contributed by atoms with van der Waals surface area (Å²) >= 11 is 8.67. The second kappa shape index (κ2) is 6.24. The average molecular weight is 361 g/mol. The lowest BCUT2D eigenvalue weighted by Gasteiger charge is -2.09. The molecule has 3 N–H and O–H groups in total. The van der Waals surface area contributed by atoms with Crippen molar-refractivity contribution in [2.24, 2.45) is 0 Å². The van der Waals surface area contributed by atoms with Crippen LogP contribution in [0.4, 0.5) is 5.69 Å². The van der Waals surface area contributed by atoms with Crippen LogP contribution in [0.15, 0.2) is 53.0 Å². The summed E-state index contributed by atoms with van der Waals surface area (Å²) in [7, 11) is 0. The molecule has 0 fully saturated rings. The van der Waals surface area contributed by atoms with Crippen molar-refractivity contribution < 1.29 is 0 Å². The third-order valence-corrected chi connectivity index (χ3v) is 3.73. The van der Waals surface area contributed by atoms with E-state index in [2.05, 4.69) is 36.5 Å². The molecule has 2 aromatic carbocycles. The second-order valence-electron chi connectivity index (χ2n) is 4.52. The van der Waals surface area contributed by atoms with Gasteiger partial charge in [0, 0.05) is 10.2 Å². The third kappa shape index (κ3) is 3.59. The number of nitrogens with one attached hydrogen (secondary N) is 3. The van der Waals surface area contributed by atoms with E-state index in [9.17, 15) is 0 Å². The molecule has 3 rings (SSSR count). The molecule has 0 amide bonds. The van der Waals surface area contributed by atoms with Crippen molar-refractivity contribution in [2.75, 3.05) is 5.32 Å². The summed E-state index contributed by atoms with van der Waals surface area (Å²) in [5.74, 6) is 0.858. The number of fused-ring (bicyclic) bond motifs is 1. The first kappa shape index (κ1) is 14.0. The van der Waals surface area contributed by atoms with Crippen LogP contribution in [0.3, 0.4) is 0 Å². The van der Waals surface area contributed by atoms with Gasteiger partial charge in [0.15, 0.2) is 5.11 Å². The molecule has 0 aliphatic rings. The summed E-state index contributed by atoms with van der Waals surface area (Å²) in [6, 6.07) is 15.8. The van der Waals surface area contributed by atoms with Crippen LogP contribution in [0, 0.1) is 0 Å². The lowest BCUT2D eigenvalue weighted by atomic mass is 10.3. The molecule has 0 spiro atoms. The number of imidazole rings is 1. The molecule has 21 heavy (non-hydrogen) atoms. The molecule has 0 aliphatic heterocycles. The van der Waals surface area contributed by atoms with Crippen molar-refractivity contribution in [2.45, 2.75) is 6.54 Å². The second-order valence-corrected chi connectivity index (χ2v) is 5.84. The first-order chi connectivity index (χ1) is 10.2. The van der Waals surface area contributed by atoms with E-state index in [0.29, 0.717) is 11.7 Å². The van der Waals surface area contributed by atoms with E-state index < -0.39 is 0 Å². The lowest BCUT2D eigenvalue weighted by molar-refractivity contribution is 0.859. The molecule has 0 bridgehead atoms. The highest BCUT2D eigenvalue weighted by atomic mass is 79.9. The number of thiocarbonyl (C=S) groups is 1. The number of nitrogens with zero attached hydrogens (tertiary/aromatic N) is 1. The van der Waals surface area contributed by atoms with Crippen molar-refractivity contribution in [1.29, 1.82) is 0 Å². The molecule has 4 nitrogen and oxygen atoms in total. The van der Waals surface area contributed by atoms with Crippen LogP contribution < -0.4 is 10.6 Å². The van der Waals surface area contributed by atoms with E-state index in [1.165, 1.54) is 0 Å². The molecule has 0 aliphatic carbocycles. The molecule has 6 heteroatoms. The van der Waals surface area contributed by atoms with Crippen molar-refractivity contribution in [3.63, 3.8) is 0 Å². The van der Waals surface area contributed by atoms with Gasteiger partial charge >= 0.3 is 0 Å². The molecule has 3 aromatic rings. The molecule has 0 saturated heterocycles. The Balaban J connectivity index is 1.59. The van der Waals surface area contributed by atoms with E-state index in [0.717, 1.165) is 27.0 Å². The monoisotopic (exact) mass is 360 g/mol. The number of hydrogen-bond donors (Lipinski definition) is 3. The van der Waals surface area contributed by atoms with E-state index in [1.54, 1.807) is 0 Å². The Morgan fingerprint density at radius 2 is 1.90 bits per heavy atom. The number of para-hydroxylation sites is 2. The summed E-state index contributed by atoms with van der Waals surface area (Å²) in [6.07, 6.45) is 0. The minimum absolute atomic E-state index is 0.553. The minimum atomic E-state index is 0.553. The number of halogens is 1. The first-order valence-electron chi connectivity index (χ1n) is 6.45. The van der Waals surface area contributed by atoms with Crippen molar-refractivity contribution in [3.8, 4) is 0 Å². The lowest BCUT2D eigenvalue weighted by Crippen LogP contribution is -2.28. The van der Waals surface area contributed by atoms with Gasteiger partial charge in [0.1, 0.15) is 5.82 Å². The zero-order valence-corrected chi connectivity index (χ0v) is 13.5. The van der Waals surface area contributed by atoms with Crippen molar-refractivity contribution in [1.82, 2.24) is 15.3 Å². The maximum atomic E-state index is 5.27. The summed E-state index contributed by atoms with van der Waals surface area (Å²) in [4.78, 5) is 7.75. The molecule has 106 valence electrons. The fraction of sp³-hybridized carbons (Fsp3) is 0.0667. The van der Waals surface area contributed by atoms with Gasteiger partial charge in [-0.05, 0) is 48.6 Å². The summed E-state index contributed by atoms with van der Waals surface area (Å²) in [5, 5.41) is 6.84. The maximum Gasteiger partial charge on any atom is 0.171 e. The van der Waals surface area contributed by atoms with Gasteiger partial charge in [0.25, 0.3) is 0 Å². The molecule has 0 radical (unpaired) electrons. The molecule has 0 unspecified atom stereocenters. The van der Waals surface area contributed by atoms with Gasteiger partial charge in [-0.15, -0.1) is 0 Å². The summed E-state index contributed by atoms with van der Waals surface area (Å²) in [5.41, 5.74) is 2.93. The average Bonchev–Trinajstić information content (AvgIpc) is 2.90. The van der Waals surface area contributed by atoms with Gasteiger partial charge in [-0.1, -0.05) is 28.1 Å². The Morgan fingerprint density at radius 3 is 2.67 bits per heavy atom. The number of aromatic nitrogens is 2. The first-order valence-corrected chi connectivity index (χ1v) is 7.65. The number of hydrogen-bond acceptors (Lipinski definition) is 2. The molecule has 1 aromatic heterocycles. The maximum absolute atomic E-state index is 5.27. The van der Waals surface area contributed by atoms with Crippen LogP contribution in [0.2, 0.25) is 0 Å². The number of benzene rings is 2. The Hall–Kier alpha value is -1.92. The quantitative estimate of drug-likeness (QED) is 0.621. The number of anilines is 1. The molecular weight excluding hydrogens is 348 g/mol. The minimum Gasteiger partial charge on any atom is -0.355 e. The zero-order chi connectivity index (χ0) is 14.7. The highest BCUT2D eigenvalue weighted by Crippen LogP contribution is 2.14. The van der Waals surface area contributed by atoms with Crippen molar-refractivity contribution in [3.05, 3.63) is 58.8 Å². The van der Waals surface area contributed by atoms with Crippen molar-refractivity contribution >= 4 is 50.0 Å². The van der Waals surface area contributed by atoms with Gasteiger partial charge in [-0.25, -0.2) is 4.98 Å². The smallest absolute Gasteiger partial charge is 0.171 e. The van der Waals surface area contributed by atoms with Gasteiger partial charge in [0.2, 0.25) is 0 Å². The van der Waals surface area contributed by atoms with E-state index in [4.69, 9.17) is 12.2 Å². The largest absolute Gasteiger partial charge is 0.355 e. The fourth-order valence-electron chi connectivity index (χ4n) is 1.96. The van der Waals surface area contributed by atoms with Crippen LogP contribution in [-0.2, 0) is 6.54 Å². The van der Waals surface area contributed by atoms with Crippen LogP contribution in [-0.4, -0.2) is 15.1 Å². The highest BCUT2D eigenvalue weighted by molar-refractivity contribution is 9.10. The van der Waals surface area contributed by atoms with Crippen LogP contribution in [0.5, 0.6) is 0 Å². The predicted octanol–water partition coefficient (Wildman–Crippen LogP) is 3.81. The van der Waals surface area contributed by atoms with E-state index in [-0.39, 0.29) is 0 Å². The molecule has 0 saturated carbocycles. The summed E-state index contributed by atoms with van der Waals surface area (Å²) in [6.45, 7) is 0.553. The van der Waals surface area contributed by atoms with Crippen LogP contribution in [0.1, 0.15) is 5.82 Å².